The van der Waals surface area contributed by atoms with Crippen molar-refractivity contribution in [2.75, 3.05) is 5.88 Å². The summed E-state index contributed by atoms with van der Waals surface area (Å²) in [7, 11) is 0. The molecule has 1 aliphatic rings. The predicted molar refractivity (Wildman–Crippen MR) is 46.7 cm³/mol. The Morgan fingerprint density at radius 3 is 2.91 bits per heavy atom. The van der Waals surface area contributed by atoms with Crippen LogP contribution in [0.1, 0.15) is 19.3 Å². The Balaban J connectivity index is 2.65. The average Bonchev–Trinajstić information content (AvgIpc) is 2.05. The van der Waals surface area contributed by atoms with Gasteiger partial charge in [0.15, 0.2) is 0 Å². The minimum Gasteiger partial charge on any atom is -0.145 e. The minimum atomic E-state index is 0.381. The van der Waals surface area contributed by atoms with Gasteiger partial charge in [0, 0.05) is 10.9 Å². The first-order valence-electron chi connectivity index (χ1n) is 3.54. The summed E-state index contributed by atoms with van der Waals surface area (Å²) in [5.74, 6) is 0.968. The molecular weight excluding hydrogens is 185 g/mol. The maximum Gasteiger partial charge on any atom is 0.0996 e. The highest BCUT2D eigenvalue weighted by atomic mass is 35.5. The van der Waals surface area contributed by atoms with E-state index in [9.17, 15) is 4.91 Å². The molecule has 1 rings (SSSR count). The summed E-state index contributed by atoms with van der Waals surface area (Å²) in [6.07, 6.45) is 2.37. The van der Waals surface area contributed by atoms with Crippen molar-refractivity contribution in [3.63, 3.8) is 0 Å². The first kappa shape index (κ1) is 9.01. The van der Waals surface area contributed by atoms with Crippen molar-refractivity contribution in [2.45, 2.75) is 19.3 Å². The zero-order chi connectivity index (χ0) is 8.27. The Kier molecular flexibility index (Phi) is 3.34. The molecular formula is C7H9Cl2NO. The molecule has 62 valence electrons. The largest absolute Gasteiger partial charge is 0.145 e. The molecule has 0 aromatic carbocycles. The molecule has 1 aliphatic carbocycles. The Morgan fingerprint density at radius 1 is 1.64 bits per heavy atom. The number of halogens is 2. The van der Waals surface area contributed by atoms with Gasteiger partial charge >= 0.3 is 0 Å². The molecule has 0 amide bonds. The lowest BCUT2D eigenvalue weighted by Crippen LogP contribution is -2.08. The maximum atomic E-state index is 10.2. The van der Waals surface area contributed by atoms with E-state index in [0.29, 0.717) is 28.9 Å². The molecule has 11 heavy (non-hydrogen) atoms. The summed E-state index contributed by atoms with van der Waals surface area (Å²) in [5, 5.41) is 3.48. The molecule has 0 aliphatic heterocycles. The number of allylic oxidation sites excluding steroid dienone is 2. The third-order valence-corrected chi connectivity index (χ3v) is 2.74. The number of rotatable bonds is 2. The van der Waals surface area contributed by atoms with E-state index >= 15 is 0 Å². The molecule has 0 fully saturated rings. The van der Waals surface area contributed by atoms with Gasteiger partial charge in [-0.3, -0.25) is 0 Å². The molecule has 0 spiro atoms. The number of nitrogens with zero attached hydrogens (tertiary/aromatic N) is 1. The Labute approximate surface area is 75.5 Å². The van der Waals surface area contributed by atoms with Gasteiger partial charge in [0.2, 0.25) is 0 Å². The minimum absolute atomic E-state index is 0.381. The Hall–Kier alpha value is -0.0800. The van der Waals surface area contributed by atoms with Crippen molar-refractivity contribution in [1.82, 2.24) is 0 Å². The van der Waals surface area contributed by atoms with Crippen LogP contribution >= 0.6 is 23.2 Å². The second kappa shape index (κ2) is 4.07. The summed E-state index contributed by atoms with van der Waals surface area (Å²) in [5.41, 5.74) is 0.489. The second-order valence-corrected chi connectivity index (χ2v) is 3.47. The van der Waals surface area contributed by atoms with Crippen LogP contribution in [-0.4, -0.2) is 5.88 Å². The van der Waals surface area contributed by atoms with Crippen molar-refractivity contribution >= 4 is 23.2 Å². The van der Waals surface area contributed by atoms with Crippen LogP contribution in [-0.2, 0) is 0 Å². The molecule has 0 radical (unpaired) electrons. The molecule has 0 bridgehead atoms. The van der Waals surface area contributed by atoms with E-state index in [1.165, 1.54) is 0 Å². The molecule has 0 saturated heterocycles. The van der Waals surface area contributed by atoms with Gasteiger partial charge in [-0.2, -0.15) is 0 Å². The van der Waals surface area contributed by atoms with Crippen LogP contribution in [0.25, 0.3) is 0 Å². The van der Waals surface area contributed by atoms with Gasteiger partial charge in [-0.15, -0.1) is 16.5 Å². The molecule has 0 aromatic rings. The molecule has 0 aromatic heterocycles. The molecule has 2 nitrogen and oxygen atoms in total. The van der Waals surface area contributed by atoms with Crippen molar-refractivity contribution in [2.24, 2.45) is 11.1 Å². The van der Waals surface area contributed by atoms with E-state index in [1.807, 2.05) is 0 Å². The standard InChI is InChI=1S/C7H9Cl2NO/c8-4-5-1-2-6(9)7(3-5)10-11/h5H,1-4H2. The van der Waals surface area contributed by atoms with Crippen molar-refractivity contribution in [3.05, 3.63) is 15.6 Å². The number of alkyl halides is 1. The van der Waals surface area contributed by atoms with Crippen LogP contribution in [0.15, 0.2) is 15.9 Å². The van der Waals surface area contributed by atoms with Gasteiger partial charge in [0.25, 0.3) is 0 Å². The molecule has 0 heterocycles. The van der Waals surface area contributed by atoms with Gasteiger partial charge in [-0.05, 0) is 30.4 Å². The van der Waals surface area contributed by atoms with E-state index in [2.05, 4.69) is 5.18 Å². The molecule has 1 atom stereocenters. The van der Waals surface area contributed by atoms with E-state index in [1.54, 1.807) is 0 Å². The molecule has 4 heteroatoms. The number of nitroso groups, excluding NO2 is 1. The SMILES string of the molecule is O=NC1=C(Cl)CCC(CCl)C1. The lowest BCUT2D eigenvalue weighted by Gasteiger charge is -2.18. The summed E-state index contributed by atoms with van der Waals surface area (Å²) >= 11 is 11.4. The van der Waals surface area contributed by atoms with Gasteiger partial charge < -0.3 is 0 Å². The first-order chi connectivity index (χ1) is 5.27. The Morgan fingerprint density at radius 2 is 2.36 bits per heavy atom. The van der Waals surface area contributed by atoms with Crippen LogP contribution in [0, 0.1) is 10.8 Å². The fraction of sp³-hybridized carbons (Fsp3) is 0.714. The van der Waals surface area contributed by atoms with Crippen LogP contribution in [0.5, 0.6) is 0 Å². The fourth-order valence-corrected chi connectivity index (χ4v) is 1.66. The van der Waals surface area contributed by atoms with Crippen LogP contribution in [0.2, 0.25) is 0 Å². The summed E-state index contributed by atoms with van der Waals surface area (Å²) in [6, 6.07) is 0. The third-order valence-electron chi connectivity index (χ3n) is 1.90. The normalized spacial score (nSPS) is 25.5. The third kappa shape index (κ3) is 2.17. The predicted octanol–water partition coefficient (Wildman–Crippen LogP) is 3.24. The van der Waals surface area contributed by atoms with Gasteiger partial charge in [-0.1, -0.05) is 11.6 Å². The quantitative estimate of drug-likeness (QED) is 0.490. The fourth-order valence-electron chi connectivity index (χ4n) is 1.18. The van der Waals surface area contributed by atoms with E-state index in [-0.39, 0.29) is 0 Å². The molecule has 0 N–H and O–H groups in total. The summed E-state index contributed by atoms with van der Waals surface area (Å²) in [6.45, 7) is 0. The summed E-state index contributed by atoms with van der Waals surface area (Å²) in [4.78, 5) is 10.2. The highest BCUT2D eigenvalue weighted by molar-refractivity contribution is 6.30. The van der Waals surface area contributed by atoms with Crippen molar-refractivity contribution in [3.8, 4) is 0 Å². The zero-order valence-corrected chi connectivity index (χ0v) is 7.53. The number of hydrogen-bond acceptors (Lipinski definition) is 2. The van der Waals surface area contributed by atoms with E-state index in [0.717, 1.165) is 12.8 Å². The highest BCUT2D eigenvalue weighted by Gasteiger charge is 2.19. The topological polar surface area (TPSA) is 29.4 Å². The average molecular weight is 194 g/mol. The molecule has 0 saturated carbocycles. The smallest absolute Gasteiger partial charge is 0.0996 e. The van der Waals surface area contributed by atoms with Crippen molar-refractivity contribution < 1.29 is 0 Å². The molecule has 1 unspecified atom stereocenters. The lowest BCUT2D eigenvalue weighted by atomic mass is 9.94. The number of hydrogen-bond donors (Lipinski definition) is 0. The zero-order valence-electron chi connectivity index (χ0n) is 6.02. The summed E-state index contributed by atoms with van der Waals surface area (Å²) < 4.78 is 0. The van der Waals surface area contributed by atoms with Crippen LogP contribution in [0.3, 0.4) is 0 Å². The monoisotopic (exact) mass is 193 g/mol. The van der Waals surface area contributed by atoms with E-state index < -0.39 is 0 Å². The van der Waals surface area contributed by atoms with Crippen LogP contribution < -0.4 is 0 Å². The van der Waals surface area contributed by atoms with E-state index in [4.69, 9.17) is 23.2 Å². The maximum absolute atomic E-state index is 10.2. The second-order valence-electron chi connectivity index (χ2n) is 2.71. The van der Waals surface area contributed by atoms with Crippen molar-refractivity contribution in [1.29, 1.82) is 0 Å². The van der Waals surface area contributed by atoms with Gasteiger partial charge in [0.1, 0.15) is 0 Å². The highest BCUT2D eigenvalue weighted by Crippen LogP contribution is 2.32. The van der Waals surface area contributed by atoms with Gasteiger partial charge in [0.05, 0.1) is 5.70 Å². The van der Waals surface area contributed by atoms with Gasteiger partial charge in [-0.25, -0.2) is 0 Å². The van der Waals surface area contributed by atoms with Crippen LogP contribution in [0.4, 0.5) is 0 Å². The first-order valence-corrected chi connectivity index (χ1v) is 4.46. The lowest BCUT2D eigenvalue weighted by molar-refractivity contribution is 0.508. The Bertz CT molecular complexity index is 191.